The number of Topliss-reactive ketones (excluding diaryl/α,β-unsaturated/α-hetero) is 1. The van der Waals surface area contributed by atoms with Gasteiger partial charge in [0.25, 0.3) is 0 Å². The van der Waals surface area contributed by atoms with Gasteiger partial charge in [-0.3, -0.25) is 4.79 Å². The number of ether oxygens (including phenoxy) is 1. The molecule has 0 saturated carbocycles. The van der Waals surface area contributed by atoms with Crippen molar-refractivity contribution in [2.24, 2.45) is 0 Å². The highest BCUT2D eigenvalue weighted by Crippen LogP contribution is 2.24. The molecule has 5 heteroatoms. The van der Waals surface area contributed by atoms with Gasteiger partial charge in [-0.1, -0.05) is 15.9 Å². The minimum absolute atomic E-state index is 0.00777. The van der Waals surface area contributed by atoms with Crippen LogP contribution < -0.4 is 10.1 Å². The second-order valence-electron chi connectivity index (χ2n) is 4.83. The standard InChI is InChI=1S/C17H16BrNO3/c1-12(20)2-11-17(21)19-14-5-9-16(10-6-14)22-15-7-3-13(18)4-8-15/h3-10H,2,11H2,1H3,(H,19,21). The van der Waals surface area contributed by atoms with E-state index in [1.165, 1.54) is 6.92 Å². The molecule has 0 radical (unpaired) electrons. The lowest BCUT2D eigenvalue weighted by molar-refractivity contribution is -0.121. The average molecular weight is 362 g/mol. The van der Waals surface area contributed by atoms with Crippen molar-refractivity contribution < 1.29 is 14.3 Å². The fourth-order valence-corrected chi connectivity index (χ4v) is 2.02. The van der Waals surface area contributed by atoms with E-state index in [0.29, 0.717) is 11.4 Å². The summed E-state index contributed by atoms with van der Waals surface area (Å²) in [5.74, 6) is 1.26. The second-order valence-corrected chi connectivity index (χ2v) is 5.75. The van der Waals surface area contributed by atoms with Gasteiger partial charge in [-0.2, -0.15) is 0 Å². The number of rotatable bonds is 6. The summed E-state index contributed by atoms with van der Waals surface area (Å²) >= 11 is 3.37. The Labute approximate surface area is 137 Å². The highest BCUT2D eigenvalue weighted by molar-refractivity contribution is 9.10. The van der Waals surface area contributed by atoms with E-state index in [9.17, 15) is 9.59 Å². The summed E-state index contributed by atoms with van der Waals surface area (Å²) in [6, 6.07) is 14.6. The lowest BCUT2D eigenvalue weighted by Crippen LogP contribution is -2.12. The zero-order chi connectivity index (χ0) is 15.9. The summed E-state index contributed by atoms with van der Waals surface area (Å²) in [4.78, 5) is 22.5. The molecule has 0 bridgehead atoms. The lowest BCUT2D eigenvalue weighted by atomic mass is 10.2. The number of benzene rings is 2. The number of nitrogens with one attached hydrogen (secondary N) is 1. The number of hydrogen-bond acceptors (Lipinski definition) is 3. The summed E-state index contributed by atoms with van der Waals surface area (Å²) in [6.45, 7) is 1.47. The predicted octanol–water partition coefficient (Wildman–Crippen LogP) is 4.55. The third kappa shape index (κ3) is 5.33. The van der Waals surface area contributed by atoms with Gasteiger partial charge >= 0.3 is 0 Å². The largest absolute Gasteiger partial charge is 0.457 e. The summed E-state index contributed by atoms with van der Waals surface area (Å²) < 4.78 is 6.68. The Morgan fingerprint density at radius 2 is 1.50 bits per heavy atom. The van der Waals surface area contributed by atoms with Crippen molar-refractivity contribution in [2.45, 2.75) is 19.8 Å². The van der Waals surface area contributed by atoms with Crippen LogP contribution in [0.4, 0.5) is 5.69 Å². The minimum Gasteiger partial charge on any atom is -0.457 e. The quantitative estimate of drug-likeness (QED) is 0.820. The van der Waals surface area contributed by atoms with Gasteiger partial charge in [0.2, 0.25) is 5.91 Å². The average Bonchev–Trinajstić information content (AvgIpc) is 2.49. The van der Waals surface area contributed by atoms with E-state index in [4.69, 9.17) is 4.74 Å². The Kier molecular flexibility index (Phi) is 5.72. The SMILES string of the molecule is CC(=O)CCC(=O)Nc1ccc(Oc2ccc(Br)cc2)cc1. The van der Waals surface area contributed by atoms with Gasteiger partial charge < -0.3 is 14.8 Å². The van der Waals surface area contributed by atoms with Crippen molar-refractivity contribution in [3.63, 3.8) is 0 Å². The molecule has 114 valence electrons. The van der Waals surface area contributed by atoms with Crippen LogP contribution in [-0.2, 0) is 9.59 Å². The zero-order valence-corrected chi connectivity index (χ0v) is 13.7. The first-order chi connectivity index (χ1) is 10.5. The van der Waals surface area contributed by atoms with E-state index >= 15 is 0 Å². The molecule has 0 fully saturated rings. The number of hydrogen-bond donors (Lipinski definition) is 1. The number of carbonyl (C=O) groups excluding carboxylic acids is 2. The monoisotopic (exact) mass is 361 g/mol. The molecule has 0 atom stereocenters. The maximum absolute atomic E-state index is 11.6. The molecule has 0 aromatic heterocycles. The molecule has 2 aromatic rings. The van der Waals surface area contributed by atoms with Crippen LogP contribution in [0.5, 0.6) is 11.5 Å². The van der Waals surface area contributed by atoms with Crippen LogP contribution in [0.1, 0.15) is 19.8 Å². The fraction of sp³-hybridized carbons (Fsp3) is 0.176. The molecule has 1 N–H and O–H groups in total. The molecule has 0 aliphatic heterocycles. The molecule has 22 heavy (non-hydrogen) atoms. The van der Waals surface area contributed by atoms with Gasteiger partial charge in [-0.15, -0.1) is 0 Å². The van der Waals surface area contributed by atoms with Crippen LogP contribution in [0.2, 0.25) is 0 Å². The number of anilines is 1. The van der Waals surface area contributed by atoms with Crippen LogP contribution in [0.15, 0.2) is 53.0 Å². The minimum atomic E-state index is -0.170. The molecule has 1 amide bonds. The van der Waals surface area contributed by atoms with Crippen LogP contribution in [0.25, 0.3) is 0 Å². The van der Waals surface area contributed by atoms with Crippen LogP contribution in [0.3, 0.4) is 0 Å². The lowest BCUT2D eigenvalue weighted by Gasteiger charge is -2.08. The maximum atomic E-state index is 11.6. The normalized spacial score (nSPS) is 10.1. The third-order valence-corrected chi connectivity index (χ3v) is 3.42. The van der Waals surface area contributed by atoms with E-state index in [-0.39, 0.29) is 24.5 Å². The molecular formula is C17H16BrNO3. The first kappa shape index (κ1) is 16.2. The number of amides is 1. The second kappa shape index (κ2) is 7.75. The van der Waals surface area contributed by atoms with E-state index in [0.717, 1.165) is 10.2 Å². The molecule has 4 nitrogen and oxygen atoms in total. The smallest absolute Gasteiger partial charge is 0.224 e. The van der Waals surface area contributed by atoms with Crippen LogP contribution >= 0.6 is 15.9 Å². The molecule has 0 saturated heterocycles. The molecular weight excluding hydrogens is 346 g/mol. The van der Waals surface area contributed by atoms with Crippen molar-refractivity contribution in [2.75, 3.05) is 5.32 Å². The van der Waals surface area contributed by atoms with Crippen molar-refractivity contribution >= 4 is 33.3 Å². The molecule has 0 aliphatic carbocycles. The van der Waals surface area contributed by atoms with Crippen molar-refractivity contribution in [1.82, 2.24) is 0 Å². The van der Waals surface area contributed by atoms with E-state index in [1.807, 2.05) is 24.3 Å². The van der Waals surface area contributed by atoms with Gasteiger partial charge in [-0.05, 0) is 55.5 Å². The van der Waals surface area contributed by atoms with Gasteiger partial charge in [0.15, 0.2) is 0 Å². The van der Waals surface area contributed by atoms with Crippen molar-refractivity contribution in [1.29, 1.82) is 0 Å². The molecule has 0 heterocycles. The highest BCUT2D eigenvalue weighted by Gasteiger charge is 2.04. The number of ketones is 1. The fourth-order valence-electron chi connectivity index (χ4n) is 1.76. The predicted molar refractivity (Wildman–Crippen MR) is 89.2 cm³/mol. The summed E-state index contributed by atoms with van der Waals surface area (Å²) in [7, 11) is 0. The van der Waals surface area contributed by atoms with Gasteiger partial charge in [0.05, 0.1) is 0 Å². The number of halogens is 1. The first-order valence-electron chi connectivity index (χ1n) is 6.86. The maximum Gasteiger partial charge on any atom is 0.224 e. The Bertz CT molecular complexity index is 651. The summed E-state index contributed by atoms with van der Waals surface area (Å²) in [6.07, 6.45) is 0.461. The van der Waals surface area contributed by atoms with E-state index in [2.05, 4.69) is 21.2 Å². The highest BCUT2D eigenvalue weighted by atomic mass is 79.9. The van der Waals surface area contributed by atoms with E-state index in [1.54, 1.807) is 24.3 Å². The van der Waals surface area contributed by atoms with E-state index < -0.39 is 0 Å². The Morgan fingerprint density at radius 1 is 0.955 bits per heavy atom. The first-order valence-corrected chi connectivity index (χ1v) is 7.65. The molecule has 0 aliphatic rings. The Balaban J connectivity index is 1.91. The van der Waals surface area contributed by atoms with Gasteiger partial charge in [0.1, 0.15) is 17.3 Å². The third-order valence-electron chi connectivity index (χ3n) is 2.89. The van der Waals surface area contributed by atoms with Crippen LogP contribution in [-0.4, -0.2) is 11.7 Å². The van der Waals surface area contributed by atoms with Gasteiger partial charge in [-0.25, -0.2) is 0 Å². The summed E-state index contributed by atoms with van der Waals surface area (Å²) in [5.41, 5.74) is 0.678. The molecule has 0 spiro atoms. The molecule has 2 rings (SSSR count). The zero-order valence-electron chi connectivity index (χ0n) is 12.1. The summed E-state index contributed by atoms with van der Waals surface area (Å²) in [5, 5.41) is 2.74. The molecule has 0 unspecified atom stereocenters. The number of carbonyl (C=O) groups is 2. The molecule has 2 aromatic carbocycles. The van der Waals surface area contributed by atoms with Crippen molar-refractivity contribution in [3.05, 3.63) is 53.0 Å². The van der Waals surface area contributed by atoms with Gasteiger partial charge in [0, 0.05) is 23.0 Å². The van der Waals surface area contributed by atoms with Crippen LogP contribution in [0, 0.1) is 0 Å². The van der Waals surface area contributed by atoms with Crippen molar-refractivity contribution in [3.8, 4) is 11.5 Å². The topological polar surface area (TPSA) is 55.4 Å². The Hall–Kier alpha value is -2.14. The Morgan fingerprint density at radius 3 is 2.05 bits per heavy atom.